The first-order valence-electron chi connectivity index (χ1n) is 9.13. The molecule has 156 valence electrons. The fourth-order valence-corrected chi connectivity index (χ4v) is 3.46. The lowest BCUT2D eigenvalue weighted by molar-refractivity contribution is -0.384. The number of nitrogens with zero attached hydrogens (tertiary/aromatic N) is 4. The number of benzene rings is 2. The van der Waals surface area contributed by atoms with Crippen LogP contribution < -0.4 is 10.1 Å². The number of carbonyl (C=O) groups is 1. The van der Waals surface area contributed by atoms with Gasteiger partial charge in [-0.3, -0.25) is 14.9 Å². The number of rotatable bonds is 8. The Kier molecular flexibility index (Phi) is 6.68. The summed E-state index contributed by atoms with van der Waals surface area (Å²) < 4.78 is 7.74. The largest absolute Gasteiger partial charge is 0.483 e. The molecule has 0 spiro atoms. The second-order valence-electron chi connectivity index (χ2n) is 6.62. The molecule has 1 heterocycles. The number of hydrogen-bond acceptors (Lipinski definition) is 7. The van der Waals surface area contributed by atoms with E-state index in [0.717, 1.165) is 11.3 Å². The molecule has 2 aromatic carbocycles. The molecule has 0 saturated carbocycles. The normalized spacial score (nSPS) is 11.7. The summed E-state index contributed by atoms with van der Waals surface area (Å²) >= 11 is 1.24. The van der Waals surface area contributed by atoms with Crippen molar-refractivity contribution < 1.29 is 14.5 Å². The summed E-state index contributed by atoms with van der Waals surface area (Å²) in [6.45, 7) is 3.89. The second-order valence-corrected chi connectivity index (χ2v) is 7.56. The molecule has 0 fully saturated rings. The van der Waals surface area contributed by atoms with Crippen LogP contribution in [0.1, 0.15) is 24.4 Å². The van der Waals surface area contributed by atoms with Gasteiger partial charge in [-0.05, 0) is 43.7 Å². The number of thioether (sulfide) groups is 1. The molecule has 0 radical (unpaired) electrons. The Morgan fingerprint density at radius 1 is 1.27 bits per heavy atom. The van der Waals surface area contributed by atoms with Crippen molar-refractivity contribution in [1.29, 1.82) is 0 Å². The molecule has 1 atom stereocenters. The number of carbonyl (C=O) groups excluding carboxylic acids is 1. The highest BCUT2D eigenvalue weighted by Crippen LogP contribution is 2.24. The van der Waals surface area contributed by atoms with Crippen LogP contribution in [0, 0.1) is 17.0 Å². The van der Waals surface area contributed by atoms with E-state index in [0.29, 0.717) is 16.7 Å². The maximum atomic E-state index is 12.2. The van der Waals surface area contributed by atoms with Crippen molar-refractivity contribution in [3.63, 3.8) is 0 Å². The van der Waals surface area contributed by atoms with Crippen LogP contribution in [-0.4, -0.2) is 31.3 Å². The molecule has 0 bridgehead atoms. The lowest BCUT2D eigenvalue weighted by Crippen LogP contribution is -2.15. The molecular formula is C20H21N5O4S. The summed E-state index contributed by atoms with van der Waals surface area (Å²) in [4.78, 5) is 22.4. The van der Waals surface area contributed by atoms with E-state index < -0.39 is 4.92 Å². The van der Waals surface area contributed by atoms with Gasteiger partial charge < -0.3 is 14.6 Å². The van der Waals surface area contributed by atoms with Crippen molar-refractivity contribution in [2.24, 2.45) is 7.05 Å². The molecule has 1 amide bonds. The summed E-state index contributed by atoms with van der Waals surface area (Å²) in [6, 6.07) is 13.4. The molecule has 0 saturated heterocycles. The fraction of sp³-hybridized carbons (Fsp3) is 0.250. The van der Waals surface area contributed by atoms with Crippen LogP contribution in [0.3, 0.4) is 0 Å². The van der Waals surface area contributed by atoms with Gasteiger partial charge in [0, 0.05) is 24.9 Å². The molecule has 1 unspecified atom stereocenters. The van der Waals surface area contributed by atoms with Crippen LogP contribution >= 0.6 is 11.8 Å². The predicted molar refractivity (Wildman–Crippen MR) is 114 cm³/mol. The number of anilines is 1. The molecule has 0 aliphatic heterocycles. The Labute approximate surface area is 177 Å². The molecule has 0 aliphatic rings. The number of hydrogen-bond donors (Lipinski definition) is 1. The van der Waals surface area contributed by atoms with Gasteiger partial charge in [0.25, 0.3) is 5.69 Å². The van der Waals surface area contributed by atoms with Gasteiger partial charge in [0.15, 0.2) is 17.1 Å². The predicted octanol–water partition coefficient (Wildman–Crippen LogP) is 3.90. The zero-order valence-electron chi connectivity index (χ0n) is 16.7. The summed E-state index contributed by atoms with van der Waals surface area (Å²) in [5, 5.41) is 22.3. The van der Waals surface area contributed by atoms with Crippen LogP contribution in [0.25, 0.3) is 0 Å². The molecule has 10 heteroatoms. The van der Waals surface area contributed by atoms with Crippen molar-refractivity contribution in [2.75, 3.05) is 11.1 Å². The highest BCUT2D eigenvalue weighted by molar-refractivity contribution is 7.99. The average molecular weight is 427 g/mol. The van der Waals surface area contributed by atoms with Gasteiger partial charge in [0.05, 0.1) is 10.7 Å². The summed E-state index contributed by atoms with van der Waals surface area (Å²) in [5.74, 6) is 1.27. The van der Waals surface area contributed by atoms with Crippen LogP contribution in [-0.2, 0) is 11.8 Å². The van der Waals surface area contributed by atoms with E-state index >= 15 is 0 Å². The van der Waals surface area contributed by atoms with Crippen LogP contribution in [0.4, 0.5) is 11.4 Å². The number of nitrogens with one attached hydrogen (secondary N) is 1. The van der Waals surface area contributed by atoms with E-state index in [2.05, 4.69) is 15.5 Å². The van der Waals surface area contributed by atoms with E-state index in [1.165, 1.54) is 36.0 Å². The molecular weight excluding hydrogens is 406 g/mol. The van der Waals surface area contributed by atoms with E-state index in [9.17, 15) is 14.9 Å². The van der Waals surface area contributed by atoms with E-state index in [1.54, 1.807) is 4.57 Å². The molecule has 0 aliphatic carbocycles. The summed E-state index contributed by atoms with van der Waals surface area (Å²) in [6.07, 6.45) is -0.312. The first-order chi connectivity index (χ1) is 14.3. The molecule has 1 aromatic heterocycles. The number of aromatic nitrogens is 3. The van der Waals surface area contributed by atoms with Gasteiger partial charge in [0.2, 0.25) is 5.91 Å². The van der Waals surface area contributed by atoms with Crippen LogP contribution in [0.15, 0.2) is 53.7 Å². The van der Waals surface area contributed by atoms with Gasteiger partial charge in [-0.15, -0.1) is 10.2 Å². The third-order valence-corrected chi connectivity index (χ3v) is 5.25. The maximum Gasteiger partial charge on any atom is 0.269 e. The Balaban J connectivity index is 1.56. The molecule has 3 rings (SSSR count). The molecule has 9 nitrogen and oxygen atoms in total. The third kappa shape index (κ3) is 5.35. The SMILES string of the molecule is Cc1cccc(OC(C)c2nnc(SCC(=O)Nc3ccc([N+](=O)[O-])cc3)n2C)c1. The van der Waals surface area contributed by atoms with E-state index in [4.69, 9.17) is 4.74 Å². The van der Waals surface area contributed by atoms with Gasteiger partial charge >= 0.3 is 0 Å². The lowest BCUT2D eigenvalue weighted by Gasteiger charge is -2.14. The van der Waals surface area contributed by atoms with Gasteiger partial charge in [-0.2, -0.15) is 0 Å². The average Bonchev–Trinajstić information content (AvgIpc) is 3.07. The molecule has 3 aromatic rings. The fourth-order valence-electron chi connectivity index (χ4n) is 2.74. The molecule has 30 heavy (non-hydrogen) atoms. The van der Waals surface area contributed by atoms with Crippen molar-refractivity contribution in [2.45, 2.75) is 25.1 Å². The first kappa shape index (κ1) is 21.3. The topological polar surface area (TPSA) is 112 Å². The maximum absolute atomic E-state index is 12.2. The van der Waals surface area contributed by atoms with E-state index in [-0.39, 0.29) is 23.5 Å². The first-order valence-corrected chi connectivity index (χ1v) is 10.1. The quantitative estimate of drug-likeness (QED) is 0.329. The second kappa shape index (κ2) is 9.40. The van der Waals surface area contributed by atoms with Crippen molar-refractivity contribution in [3.8, 4) is 5.75 Å². The Bertz CT molecular complexity index is 1050. The number of amides is 1. The van der Waals surface area contributed by atoms with Crippen LogP contribution in [0.5, 0.6) is 5.75 Å². The zero-order chi connectivity index (χ0) is 21.7. The summed E-state index contributed by atoms with van der Waals surface area (Å²) in [5.41, 5.74) is 1.56. The van der Waals surface area contributed by atoms with E-state index in [1.807, 2.05) is 45.2 Å². The minimum absolute atomic E-state index is 0.0315. The van der Waals surface area contributed by atoms with Crippen LogP contribution in [0.2, 0.25) is 0 Å². The standard InChI is InChI=1S/C20H21N5O4S/c1-13-5-4-6-17(11-13)29-14(2)19-22-23-20(24(19)3)30-12-18(26)21-15-7-9-16(10-8-15)25(27)28/h4-11,14H,12H2,1-3H3,(H,21,26). The Morgan fingerprint density at radius 2 is 2.00 bits per heavy atom. The van der Waals surface area contributed by atoms with Crippen molar-refractivity contribution in [1.82, 2.24) is 14.8 Å². The van der Waals surface area contributed by atoms with Gasteiger partial charge in [0.1, 0.15) is 5.75 Å². The number of nitro groups is 1. The summed E-state index contributed by atoms with van der Waals surface area (Å²) in [7, 11) is 1.82. The van der Waals surface area contributed by atoms with Gasteiger partial charge in [-0.1, -0.05) is 23.9 Å². The highest BCUT2D eigenvalue weighted by Gasteiger charge is 2.18. The third-order valence-electron chi connectivity index (χ3n) is 4.23. The van der Waals surface area contributed by atoms with Gasteiger partial charge in [-0.25, -0.2) is 0 Å². The van der Waals surface area contributed by atoms with Crippen molar-refractivity contribution in [3.05, 3.63) is 70.0 Å². The number of nitro benzene ring substituents is 1. The minimum Gasteiger partial charge on any atom is -0.483 e. The number of aryl methyl sites for hydroxylation is 1. The monoisotopic (exact) mass is 427 g/mol. The number of ether oxygens (including phenoxy) is 1. The lowest BCUT2D eigenvalue weighted by atomic mass is 10.2. The Hall–Kier alpha value is -3.40. The zero-order valence-corrected chi connectivity index (χ0v) is 17.5. The van der Waals surface area contributed by atoms with Crippen molar-refractivity contribution >= 4 is 29.0 Å². The number of non-ortho nitro benzene ring substituents is 1. The smallest absolute Gasteiger partial charge is 0.269 e. The molecule has 1 N–H and O–H groups in total. The minimum atomic E-state index is -0.489. The Morgan fingerprint density at radius 3 is 2.67 bits per heavy atom. The highest BCUT2D eigenvalue weighted by atomic mass is 32.2.